The van der Waals surface area contributed by atoms with Gasteiger partial charge in [0.15, 0.2) is 0 Å². The Bertz CT molecular complexity index is 454. The van der Waals surface area contributed by atoms with E-state index in [1.165, 1.54) is 27.8 Å². The van der Waals surface area contributed by atoms with Gasteiger partial charge in [-0.1, -0.05) is 18.2 Å². The molecule has 1 heterocycles. The minimum absolute atomic E-state index is 0.235. The Morgan fingerprint density at radius 2 is 2.13 bits per heavy atom. The van der Waals surface area contributed by atoms with Crippen LogP contribution in [-0.2, 0) is 10.3 Å². The summed E-state index contributed by atoms with van der Waals surface area (Å²) in [5, 5.41) is 1.33. The van der Waals surface area contributed by atoms with Gasteiger partial charge in [0, 0.05) is 15.0 Å². The molecular weight excluding hydrogens is 206 g/mol. The van der Waals surface area contributed by atoms with Crippen molar-refractivity contribution in [3.63, 3.8) is 0 Å². The fourth-order valence-corrected chi connectivity index (χ4v) is 3.31. The molecule has 0 unspecified atom stereocenters. The van der Waals surface area contributed by atoms with Gasteiger partial charge < -0.3 is 4.84 Å². The van der Waals surface area contributed by atoms with Crippen molar-refractivity contribution >= 4 is 21.4 Å². The van der Waals surface area contributed by atoms with E-state index in [-0.39, 0.29) is 5.41 Å². The number of nitrogens with two attached hydrogens (primary N) is 1. The zero-order valence-electron chi connectivity index (χ0n) is 8.40. The molecule has 1 fully saturated rings. The molecule has 0 atom stereocenters. The van der Waals surface area contributed by atoms with Gasteiger partial charge in [0.25, 0.3) is 0 Å². The van der Waals surface area contributed by atoms with Crippen molar-refractivity contribution in [2.24, 2.45) is 5.90 Å². The minimum atomic E-state index is 0.235. The summed E-state index contributed by atoms with van der Waals surface area (Å²) in [7, 11) is 0. The molecule has 2 aromatic rings. The van der Waals surface area contributed by atoms with Crippen LogP contribution < -0.4 is 5.90 Å². The van der Waals surface area contributed by atoms with Gasteiger partial charge >= 0.3 is 0 Å². The number of thiophene rings is 1. The minimum Gasteiger partial charge on any atom is -0.304 e. The summed E-state index contributed by atoms with van der Waals surface area (Å²) in [5.74, 6) is 5.19. The van der Waals surface area contributed by atoms with E-state index < -0.39 is 0 Å². The van der Waals surface area contributed by atoms with Gasteiger partial charge in [0.1, 0.15) is 0 Å². The highest BCUT2D eigenvalue weighted by atomic mass is 32.1. The summed E-state index contributed by atoms with van der Waals surface area (Å²) in [6.07, 6.45) is 2.41. The maximum atomic E-state index is 5.19. The maximum absolute atomic E-state index is 5.19. The lowest BCUT2D eigenvalue weighted by Gasteiger charge is -2.09. The highest BCUT2D eigenvalue weighted by Crippen LogP contribution is 2.51. The zero-order chi connectivity index (χ0) is 10.3. The summed E-state index contributed by atoms with van der Waals surface area (Å²) in [6.45, 7) is 0.653. The maximum Gasteiger partial charge on any atom is 0.0783 e. The average molecular weight is 219 g/mol. The fourth-order valence-electron chi connectivity index (χ4n) is 2.02. The van der Waals surface area contributed by atoms with Crippen molar-refractivity contribution in [3.05, 3.63) is 35.2 Å². The first-order chi connectivity index (χ1) is 7.34. The third-order valence-corrected chi connectivity index (χ3v) is 4.52. The molecule has 3 rings (SSSR count). The second-order valence-electron chi connectivity index (χ2n) is 4.24. The van der Waals surface area contributed by atoms with E-state index in [0.29, 0.717) is 6.61 Å². The van der Waals surface area contributed by atoms with Crippen molar-refractivity contribution < 1.29 is 4.84 Å². The molecular formula is C12H13NOS. The van der Waals surface area contributed by atoms with Crippen LogP contribution in [0, 0.1) is 0 Å². The second-order valence-corrected chi connectivity index (χ2v) is 5.32. The number of benzene rings is 1. The molecule has 1 aromatic carbocycles. The Labute approximate surface area is 92.6 Å². The van der Waals surface area contributed by atoms with E-state index >= 15 is 0 Å². The lowest BCUT2D eigenvalue weighted by Crippen LogP contribution is -2.16. The zero-order valence-corrected chi connectivity index (χ0v) is 9.22. The molecule has 15 heavy (non-hydrogen) atoms. The molecule has 3 heteroatoms. The first-order valence-corrected chi connectivity index (χ1v) is 5.96. The molecule has 2 nitrogen and oxygen atoms in total. The van der Waals surface area contributed by atoms with Crippen LogP contribution in [0.2, 0.25) is 0 Å². The van der Waals surface area contributed by atoms with Crippen molar-refractivity contribution in [3.8, 4) is 0 Å². The standard InChI is InChI=1S/C12H13NOS/c13-14-8-12(5-6-12)11-7-9-3-1-2-4-10(9)15-11/h1-4,7H,5-6,8,13H2. The van der Waals surface area contributed by atoms with E-state index in [1.54, 1.807) is 0 Å². The molecule has 1 aliphatic rings. The highest BCUT2D eigenvalue weighted by Gasteiger charge is 2.45. The molecule has 0 amide bonds. The van der Waals surface area contributed by atoms with Crippen molar-refractivity contribution in [2.75, 3.05) is 6.61 Å². The van der Waals surface area contributed by atoms with Gasteiger partial charge in [-0.2, -0.15) is 0 Å². The quantitative estimate of drug-likeness (QED) is 0.806. The Kier molecular flexibility index (Phi) is 2.06. The molecule has 0 aliphatic heterocycles. The summed E-state index contributed by atoms with van der Waals surface area (Å²) < 4.78 is 1.36. The first-order valence-electron chi connectivity index (χ1n) is 5.15. The Morgan fingerprint density at radius 3 is 2.80 bits per heavy atom. The van der Waals surface area contributed by atoms with Gasteiger partial charge in [-0.05, 0) is 30.4 Å². The monoisotopic (exact) mass is 219 g/mol. The molecule has 0 saturated heterocycles. The van der Waals surface area contributed by atoms with Crippen LogP contribution in [-0.4, -0.2) is 6.61 Å². The predicted octanol–water partition coefficient (Wildman–Crippen LogP) is 2.82. The van der Waals surface area contributed by atoms with Crippen molar-refractivity contribution in [2.45, 2.75) is 18.3 Å². The summed E-state index contributed by atoms with van der Waals surface area (Å²) >= 11 is 1.87. The third-order valence-electron chi connectivity index (χ3n) is 3.16. The molecule has 2 N–H and O–H groups in total. The van der Waals surface area contributed by atoms with Crippen LogP contribution >= 0.6 is 11.3 Å². The summed E-state index contributed by atoms with van der Waals surface area (Å²) in [4.78, 5) is 6.25. The van der Waals surface area contributed by atoms with Crippen LogP contribution in [0.15, 0.2) is 30.3 Å². The molecule has 78 valence electrons. The molecule has 0 radical (unpaired) electrons. The molecule has 1 saturated carbocycles. The summed E-state index contributed by atoms with van der Waals surface area (Å²) in [6, 6.07) is 10.8. The largest absolute Gasteiger partial charge is 0.304 e. The van der Waals surface area contributed by atoms with Crippen LogP contribution in [0.25, 0.3) is 10.1 Å². The van der Waals surface area contributed by atoms with E-state index in [9.17, 15) is 0 Å². The number of rotatable bonds is 3. The van der Waals surface area contributed by atoms with Gasteiger partial charge in [-0.25, -0.2) is 5.90 Å². The van der Waals surface area contributed by atoms with E-state index in [0.717, 1.165) is 0 Å². The van der Waals surface area contributed by atoms with Gasteiger partial charge in [-0.3, -0.25) is 0 Å². The Balaban J connectivity index is 2.05. The topological polar surface area (TPSA) is 35.2 Å². The molecule has 0 bridgehead atoms. The number of hydrogen-bond donors (Lipinski definition) is 1. The second kappa shape index (κ2) is 3.30. The molecule has 1 aromatic heterocycles. The third kappa shape index (κ3) is 1.47. The van der Waals surface area contributed by atoms with E-state index in [2.05, 4.69) is 30.3 Å². The Hall–Kier alpha value is -0.900. The molecule has 1 aliphatic carbocycles. The lowest BCUT2D eigenvalue weighted by molar-refractivity contribution is 0.117. The predicted molar refractivity (Wildman–Crippen MR) is 62.9 cm³/mol. The number of hydrogen-bond acceptors (Lipinski definition) is 3. The van der Waals surface area contributed by atoms with Crippen molar-refractivity contribution in [1.29, 1.82) is 0 Å². The van der Waals surface area contributed by atoms with Crippen LogP contribution in [0.4, 0.5) is 0 Å². The summed E-state index contributed by atoms with van der Waals surface area (Å²) in [5.41, 5.74) is 0.235. The average Bonchev–Trinajstić information content (AvgIpc) is 2.91. The van der Waals surface area contributed by atoms with Crippen molar-refractivity contribution in [1.82, 2.24) is 0 Å². The Morgan fingerprint density at radius 1 is 1.33 bits per heavy atom. The van der Waals surface area contributed by atoms with E-state index in [1.807, 2.05) is 11.3 Å². The van der Waals surface area contributed by atoms with E-state index in [4.69, 9.17) is 10.7 Å². The van der Waals surface area contributed by atoms with Crippen LogP contribution in [0.1, 0.15) is 17.7 Å². The lowest BCUT2D eigenvalue weighted by atomic mass is 10.1. The van der Waals surface area contributed by atoms with Gasteiger partial charge in [-0.15, -0.1) is 11.3 Å². The molecule has 0 spiro atoms. The smallest absolute Gasteiger partial charge is 0.0783 e. The van der Waals surface area contributed by atoms with Gasteiger partial charge in [0.05, 0.1) is 6.61 Å². The fraction of sp³-hybridized carbons (Fsp3) is 0.333. The van der Waals surface area contributed by atoms with Crippen LogP contribution in [0.5, 0.6) is 0 Å². The van der Waals surface area contributed by atoms with Crippen LogP contribution in [0.3, 0.4) is 0 Å². The van der Waals surface area contributed by atoms with Gasteiger partial charge in [0.2, 0.25) is 0 Å². The SMILES string of the molecule is NOCC1(c2cc3ccccc3s2)CC1. The highest BCUT2D eigenvalue weighted by molar-refractivity contribution is 7.19. The first kappa shape index (κ1) is 9.33. The normalized spacial score (nSPS) is 18.2. The number of fused-ring (bicyclic) bond motifs is 1.